The van der Waals surface area contributed by atoms with Crippen molar-refractivity contribution in [3.63, 3.8) is 0 Å². The SMILES string of the molecule is Cn1c(=O)c2c(nc(N3CCCCC3)n2Cc2cccc(C(F)(F)F)c2)n(C)c1=O. The molecule has 0 saturated carbocycles. The van der Waals surface area contributed by atoms with Crippen molar-refractivity contribution < 1.29 is 13.2 Å². The zero-order chi connectivity index (χ0) is 21.6. The van der Waals surface area contributed by atoms with Gasteiger partial charge < -0.3 is 4.90 Å². The summed E-state index contributed by atoms with van der Waals surface area (Å²) in [4.78, 5) is 31.9. The maximum Gasteiger partial charge on any atom is 0.416 e. The molecule has 1 fully saturated rings. The van der Waals surface area contributed by atoms with Gasteiger partial charge in [-0.05, 0) is 37.0 Å². The molecule has 0 spiro atoms. The summed E-state index contributed by atoms with van der Waals surface area (Å²) in [7, 11) is 2.91. The number of fused-ring (bicyclic) bond motifs is 1. The van der Waals surface area contributed by atoms with Gasteiger partial charge in [0.05, 0.1) is 12.1 Å². The van der Waals surface area contributed by atoms with Crippen molar-refractivity contribution in [2.75, 3.05) is 18.0 Å². The lowest BCUT2D eigenvalue weighted by molar-refractivity contribution is -0.137. The second kappa shape index (κ2) is 7.33. The van der Waals surface area contributed by atoms with Crippen LogP contribution in [0.2, 0.25) is 0 Å². The Balaban J connectivity index is 1.93. The Kier molecular flexibility index (Phi) is 4.95. The van der Waals surface area contributed by atoms with E-state index in [0.717, 1.165) is 49.1 Å². The van der Waals surface area contributed by atoms with Gasteiger partial charge in [0.15, 0.2) is 11.2 Å². The fourth-order valence-corrected chi connectivity index (χ4v) is 3.95. The highest BCUT2D eigenvalue weighted by atomic mass is 19.4. The Bertz CT molecular complexity index is 1220. The van der Waals surface area contributed by atoms with E-state index in [2.05, 4.69) is 4.98 Å². The van der Waals surface area contributed by atoms with Crippen molar-refractivity contribution >= 4 is 17.1 Å². The van der Waals surface area contributed by atoms with E-state index in [-0.39, 0.29) is 17.7 Å². The molecule has 1 aliphatic rings. The third-order valence-electron chi connectivity index (χ3n) is 5.56. The summed E-state index contributed by atoms with van der Waals surface area (Å²) in [6.45, 7) is 1.51. The van der Waals surface area contributed by atoms with E-state index in [4.69, 9.17) is 0 Å². The minimum atomic E-state index is -4.46. The smallest absolute Gasteiger partial charge is 0.342 e. The first kappa shape index (κ1) is 20.2. The summed E-state index contributed by atoms with van der Waals surface area (Å²) in [6, 6.07) is 5.04. The molecule has 160 valence electrons. The molecule has 0 amide bonds. The van der Waals surface area contributed by atoms with Crippen LogP contribution in [-0.2, 0) is 26.8 Å². The molecule has 7 nitrogen and oxygen atoms in total. The Morgan fingerprint density at radius 1 is 1.03 bits per heavy atom. The van der Waals surface area contributed by atoms with Crippen LogP contribution >= 0.6 is 0 Å². The van der Waals surface area contributed by atoms with Crippen LogP contribution in [0.4, 0.5) is 19.1 Å². The minimum Gasteiger partial charge on any atom is -0.342 e. The second-order valence-corrected chi connectivity index (χ2v) is 7.62. The standard InChI is InChI=1S/C20H22F3N5O2/c1-25-16-15(17(29)26(2)19(25)30)28(18(24-16)27-9-4-3-5-10-27)12-13-7-6-8-14(11-13)20(21,22)23/h6-8,11H,3-5,9-10,12H2,1-2H3. The summed E-state index contributed by atoms with van der Waals surface area (Å²) in [5.74, 6) is 0.500. The van der Waals surface area contributed by atoms with Gasteiger partial charge in [-0.15, -0.1) is 0 Å². The number of aromatic nitrogens is 4. The van der Waals surface area contributed by atoms with E-state index in [1.54, 1.807) is 10.6 Å². The van der Waals surface area contributed by atoms with Gasteiger partial charge in [-0.1, -0.05) is 12.1 Å². The number of alkyl halides is 3. The number of rotatable bonds is 3. The molecule has 1 saturated heterocycles. The lowest BCUT2D eigenvalue weighted by atomic mass is 10.1. The topological polar surface area (TPSA) is 65.1 Å². The Morgan fingerprint density at radius 2 is 1.73 bits per heavy atom. The second-order valence-electron chi connectivity index (χ2n) is 7.62. The number of hydrogen-bond donors (Lipinski definition) is 0. The van der Waals surface area contributed by atoms with Gasteiger partial charge in [-0.2, -0.15) is 18.2 Å². The maximum absolute atomic E-state index is 13.2. The predicted molar refractivity (Wildman–Crippen MR) is 107 cm³/mol. The summed E-state index contributed by atoms with van der Waals surface area (Å²) in [5, 5.41) is 0. The van der Waals surface area contributed by atoms with Crippen molar-refractivity contribution in [1.29, 1.82) is 0 Å². The highest BCUT2D eigenvalue weighted by Crippen LogP contribution is 2.30. The summed E-state index contributed by atoms with van der Waals surface area (Å²) >= 11 is 0. The normalized spacial score (nSPS) is 15.2. The fourth-order valence-electron chi connectivity index (χ4n) is 3.95. The largest absolute Gasteiger partial charge is 0.416 e. The van der Waals surface area contributed by atoms with Crippen LogP contribution in [-0.4, -0.2) is 31.8 Å². The van der Waals surface area contributed by atoms with E-state index in [1.165, 1.54) is 24.7 Å². The fraction of sp³-hybridized carbons (Fsp3) is 0.450. The molecule has 30 heavy (non-hydrogen) atoms. The third kappa shape index (κ3) is 3.40. The van der Waals surface area contributed by atoms with Crippen LogP contribution in [0.3, 0.4) is 0 Å². The average Bonchev–Trinajstić information content (AvgIpc) is 3.10. The zero-order valence-electron chi connectivity index (χ0n) is 16.7. The molecule has 1 aromatic carbocycles. The Labute approximate surface area is 170 Å². The molecule has 0 bridgehead atoms. The summed E-state index contributed by atoms with van der Waals surface area (Å²) in [6.07, 6.45) is -1.44. The average molecular weight is 421 g/mol. The van der Waals surface area contributed by atoms with Gasteiger partial charge in [0.25, 0.3) is 5.56 Å². The molecule has 0 radical (unpaired) electrons. The molecule has 1 aliphatic heterocycles. The summed E-state index contributed by atoms with van der Waals surface area (Å²) < 4.78 is 43.4. The van der Waals surface area contributed by atoms with Crippen LogP contribution in [0.25, 0.3) is 11.2 Å². The van der Waals surface area contributed by atoms with Crippen molar-refractivity contribution in [3.05, 3.63) is 56.2 Å². The Hall–Kier alpha value is -3.04. The van der Waals surface area contributed by atoms with E-state index in [9.17, 15) is 22.8 Å². The lowest BCUT2D eigenvalue weighted by Gasteiger charge is -2.28. The van der Waals surface area contributed by atoms with Crippen LogP contribution in [0.15, 0.2) is 33.9 Å². The van der Waals surface area contributed by atoms with Crippen molar-refractivity contribution in [1.82, 2.24) is 18.7 Å². The predicted octanol–water partition coefficient (Wildman–Crippen LogP) is 2.49. The van der Waals surface area contributed by atoms with Crippen LogP contribution in [0.5, 0.6) is 0 Å². The molecule has 4 rings (SSSR count). The number of imidazole rings is 1. The number of hydrogen-bond acceptors (Lipinski definition) is 4. The first-order valence-corrected chi connectivity index (χ1v) is 9.76. The van der Waals surface area contributed by atoms with E-state index in [1.807, 2.05) is 4.90 Å². The quantitative estimate of drug-likeness (QED) is 0.652. The number of aryl methyl sites for hydroxylation is 1. The van der Waals surface area contributed by atoms with Crippen molar-refractivity contribution in [2.24, 2.45) is 14.1 Å². The van der Waals surface area contributed by atoms with Crippen LogP contribution in [0.1, 0.15) is 30.4 Å². The zero-order valence-corrected chi connectivity index (χ0v) is 16.7. The lowest BCUT2D eigenvalue weighted by Crippen LogP contribution is -2.37. The molecule has 3 aromatic rings. The van der Waals surface area contributed by atoms with Crippen molar-refractivity contribution in [2.45, 2.75) is 32.0 Å². The van der Waals surface area contributed by atoms with Gasteiger partial charge in [-0.25, -0.2) is 4.79 Å². The molecule has 3 heterocycles. The van der Waals surface area contributed by atoms with E-state index >= 15 is 0 Å². The van der Waals surface area contributed by atoms with Crippen LogP contribution < -0.4 is 16.1 Å². The number of benzene rings is 1. The van der Waals surface area contributed by atoms with E-state index < -0.39 is 23.0 Å². The monoisotopic (exact) mass is 421 g/mol. The van der Waals surface area contributed by atoms with Crippen molar-refractivity contribution in [3.8, 4) is 0 Å². The molecular weight excluding hydrogens is 399 g/mol. The highest BCUT2D eigenvalue weighted by Gasteiger charge is 2.31. The molecular formula is C20H22F3N5O2. The van der Waals surface area contributed by atoms with Crippen LogP contribution in [0, 0.1) is 0 Å². The number of halogens is 3. The van der Waals surface area contributed by atoms with Gasteiger partial charge >= 0.3 is 11.9 Å². The third-order valence-corrected chi connectivity index (χ3v) is 5.56. The summed E-state index contributed by atoms with van der Waals surface area (Å²) in [5.41, 5.74) is -0.923. The molecule has 0 aliphatic carbocycles. The van der Waals surface area contributed by atoms with E-state index in [0.29, 0.717) is 11.5 Å². The molecule has 2 aromatic heterocycles. The minimum absolute atomic E-state index is 0.0414. The van der Waals surface area contributed by atoms with Gasteiger partial charge in [0.2, 0.25) is 5.95 Å². The molecule has 0 unspecified atom stereocenters. The first-order valence-electron chi connectivity index (χ1n) is 9.76. The molecule has 0 atom stereocenters. The van der Waals surface area contributed by atoms with Gasteiger partial charge in [0.1, 0.15) is 0 Å². The maximum atomic E-state index is 13.2. The molecule has 10 heteroatoms. The number of piperidine rings is 1. The number of anilines is 1. The molecule has 0 N–H and O–H groups in total. The Morgan fingerprint density at radius 3 is 2.40 bits per heavy atom. The number of nitrogens with zero attached hydrogens (tertiary/aromatic N) is 5. The first-order chi connectivity index (χ1) is 14.2. The highest BCUT2D eigenvalue weighted by molar-refractivity contribution is 5.74. The van der Waals surface area contributed by atoms with Gasteiger partial charge in [-0.3, -0.25) is 18.5 Å². The van der Waals surface area contributed by atoms with Gasteiger partial charge in [0, 0.05) is 27.2 Å².